The minimum Gasteiger partial charge on any atom is -0.507 e. The van der Waals surface area contributed by atoms with Crippen LogP contribution in [0.1, 0.15) is 36.9 Å². The van der Waals surface area contributed by atoms with E-state index in [1.165, 1.54) is 29.2 Å². The van der Waals surface area contributed by atoms with Crippen molar-refractivity contribution in [1.82, 2.24) is 4.90 Å². The molecule has 1 fully saturated rings. The van der Waals surface area contributed by atoms with Crippen molar-refractivity contribution in [2.24, 2.45) is 0 Å². The van der Waals surface area contributed by atoms with Gasteiger partial charge in [0.1, 0.15) is 18.1 Å². The van der Waals surface area contributed by atoms with E-state index in [4.69, 9.17) is 9.84 Å². The molecule has 32 heavy (non-hydrogen) atoms. The van der Waals surface area contributed by atoms with Gasteiger partial charge >= 0.3 is 0 Å². The molecule has 2 aromatic carbocycles. The minimum atomic E-state index is -0.839. The first-order valence-electron chi connectivity index (χ1n) is 10.3. The van der Waals surface area contributed by atoms with Crippen molar-refractivity contribution in [2.75, 3.05) is 19.8 Å². The van der Waals surface area contributed by atoms with Crippen molar-refractivity contribution >= 4 is 23.1 Å². The lowest BCUT2D eigenvalue weighted by atomic mass is 9.95. The topological polar surface area (TPSA) is 130 Å². The Morgan fingerprint density at radius 1 is 1.19 bits per heavy atom. The number of Topliss-reactive ketones (excluding diaryl/α,β-unsaturated/α-hetero) is 1. The summed E-state index contributed by atoms with van der Waals surface area (Å²) in [5.74, 6) is -1.48. The summed E-state index contributed by atoms with van der Waals surface area (Å²) in [5, 5.41) is 30.9. The highest BCUT2D eigenvalue weighted by Gasteiger charge is 2.45. The van der Waals surface area contributed by atoms with Gasteiger partial charge in [-0.25, -0.2) is 0 Å². The van der Waals surface area contributed by atoms with Gasteiger partial charge in [-0.1, -0.05) is 25.5 Å². The van der Waals surface area contributed by atoms with E-state index in [2.05, 4.69) is 0 Å². The second kappa shape index (κ2) is 10.1. The highest BCUT2D eigenvalue weighted by atomic mass is 16.6. The summed E-state index contributed by atoms with van der Waals surface area (Å²) in [6.45, 7) is 2.21. The molecule has 2 aromatic rings. The molecule has 0 radical (unpaired) electrons. The van der Waals surface area contributed by atoms with Gasteiger partial charge in [-0.2, -0.15) is 0 Å². The number of ether oxygens (including phenoxy) is 1. The van der Waals surface area contributed by atoms with Gasteiger partial charge in [0.2, 0.25) is 0 Å². The zero-order valence-electron chi connectivity index (χ0n) is 17.6. The molecule has 1 aliphatic rings. The fraction of sp³-hybridized carbons (Fsp3) is 0.304. The molecule has 1 heterocycles. The molecule has 0 aliphatic carbocycles. The molecule has 2 N–H and O–H groups in total. The van der Waals surface area contributed by atoms with Crippen LogP contribution < -0.4 is 4.74 Å². The maximum atomic E-state index is 12.9. The van der Waals surface area contributed by atoms with Crippen LogP contribution in [0, 0.1) is 10.1 Å². The quantitative estimate of drug-likeness (QED) is 0.201. The lowest BCUT2D eigenvalue weighted by Crippen LogP contribution is -2.30. The lowest BCUT2D eigenvalue weighted by molar-refractivity contribution is -0.384. The van der Waals surface area contributed by atoms with Crippen molar-refractivity contribution < 1.29 is 29.5 Å². The summed E-state index contributed by atoms with van der Waals surface area (Å²) < 4.78 is 5.46. The van der Waals surface area contributed by atoms with E-state index in [1.807, 2.05) is 6.92 Å². The van der Waals surface area contributed by atoms with Crippen LogP contribution in [-0.4, -0.2) is 51.5 Å². The Morgan fingerprint density at radius 2 is 1.91 bits per heavy atom. The minimum absolute atomic E-state index is 0.0840. The van der Waals surface area contributed by atoms with Gasteiger partial charge < -0.3 is 19.8 Å². The van der Waals surface area contributed by atoms with Crippen LogP contribution in [0.5, 0.6) is 5.75 Å². The van der Waals surface area contributed by atoms with E-state index in [-0.39, 0.29) is 30.0 Å². The number of nitro benzene ring substituents is 1. The number of amides is 1. The number of aliphatic hydroxyl groups excluding tert-OH is 2. The number of non-ortho nitro benzene ring substituents is 1. The molecule has 1 saturated heterocycles. The molecule has 0 spiro atoms. The van der Waals surface area contributed by atoms with Crippen LogP contribution in [-0.2, 0) is 9.59 Å². The van der Waals surface area contributed by atoms with E-state index >= 15 is 0 Å². The monoisotopic (exact) mass is 440 g/mol. The maximum Gasteiger partial charge on any atom is 0.295 e. The van der Waals surface area contributed by atoms with E-state index in [0.29, 0.717) is 24.3 Å². The Hall–Kier alpha value is -3.72. The number of ketones is 1. The Bertz CT molecular complexity index is 1050. The average molecular weight is 440 g/mol. The number of carbonyl (C=O) groups excluding carboxylic acids is 2. The molecular formula is C23H24N2O7. The predicted molar refractivity (Wildman–Crippen MR) is 116 cm³/mol. The third-order valence-corrected chi connectivity index (χ3v) is 5.18. The number of rotatable bonds is 9. The molecule has 168 valence electrons. The summed E-state index contributed by atoms with van der Waals surface area (Å²) in [4.78, 5) is 37.5. The summed E-state index contributed by atoms with van der Waals surface area (Å²) in [6.07, 6.45) is 1.47. The van der Waals surface area contributed by atoms with Crippen LogP contribution in [0.2, 0.25) is 0 Å². The van der Waals surface area contributed by atoms with Gasteiger partial charge in [0.05, 0.1) is 23.1 Å². The summed E-state index contributed by atoms with van der Waals surface area (Å²) in [5.41, 5.74) is 0.524. The first kappa shape index (κ1) is 23.0. The van der Waals surface area contributed by atoms with E-state index in [9.17, 15) is 24.8 Å². The Labute approximate surface area is 184 Å². The average Bonchev–Trinajstić information content (AvgIpc) is 3.06. The van der Waals surface area contributed by atoms with E-state index in [0.717, 1.165) is 6.42 Å². The van der Waals surface area contributed by atoms with Gasteiger partial charge in [-0.3, -0.25) is 19.7 Å². The Kier molecular flexibility index (Phi) is 7.21. The standard InChI is InChI=1S/C23H24N2O7/c1-2-3-11-24-20(16-5-4-6-18(14-16)32-13-12-26)19(22(28)23(24)29)21(27)15-7-9-17(10-8-15)25(30)31/h4-10,14,20,26-27H,2-3,11-13H2,1H3/b21-19+. The molecule has 3 rings (SSSR count). The SMILES string of the molecule is CCCCN1C(=O)C(=O)/C(=C(/O)c2ccc([N+](=O)[O-])cc2)C1c1cccc(OCCO)c1. The van der Waals surface area contributed by atoms with Crippen molar-refractivity contribution in [3.63, 3.8) is 0 Å². The number of hydrogen-bond acceptors (Lipinski definition) is 7. The predicted octanol–water partition coefficient (Wildman–Crippen LogP) is 3.19. The number of nitro groups is 1. The molecule has 9 heteroatoms. The van der Waals surface area contributed by atoms with Crippen LogP contribution in [0.25, 0.3) is 5.76 Å². The molecule has 0 saturated carbocycles. The van der Waals surface area contributed by atoms with Crippen LogP contribution in [0.4, 0.5) is 5.69 Å². The van der Waals surface area contributed by atoms with Crippen molar-refractivity contribution in [2.45, 2.75) is 25.8 Å². The number of carbonyl (C=O) groups is 2. The summed E-state index contributed by atoms with van der Waals surface area (Å²) in [6, 6.07) is 11.1. The highest BCUT2D eigenvalue weighted by Crippen LogP contribution is 2.40. The summed E-state index contributed by atoms with van der Waals surface area (Å²) >= 11 is 0. The third-order valence-electron chi connectivity index (χ3n) is 5.18. The van der Waals surface area contributed by atoms with Gasteiger partial charge in [0.15, 0.2) is 0 Å². The van der Waals surface area contributed by atoms with Gasteiger partial charge in [-0.15, -0.1) is 0 Å². The lowest BCUT2D eigenvalue weighted by Gasteiger charge is -2.25. The molecule has 0 bridgehead atoms. The fourth-order valence-electron chi connectivity index (χ4n) is 3.62. The number of benzene rings is 2. The zero-order chi connectivity index (χ0) is 23.3. The smallest absolute Gasteiger partial charge is 0.295 e. The molecule has 1 aliphatic heterocycles. The van der Waals surface area contributed by atoms with Gasteiger partial charge in [0.25, 0.3) is 17.4 Å². The third kappa shape index (κ3) is 4.62. The number of unbranched alkanes of at least 4 members (excludes halogenated alkanes) is 1. The van der Waals surface area contributed by atoms with Gasteiger partial charge in [-0.05, 0) is 36.2 Å². The Balaban J connectivity index is 2.11. The number of likely N-dealkylation sites (tertiary alicyclic amines) is 1. The molecule has 1 atom stereocenters. The van der Waals surface area contributed by atoms with Crippen LogP contribution >= 0.6 is 0 Å². The number of aliphatic hydroxyl groups is 2. The fourth-order valence-corrected chi connectivity index (χ4v) is 3.62. The molecule has 1 unspecified atom stereocenters. The maximum absolute atomic E-state index is 12.9. The first-order chi connectivity index (χ1) is 15.4. The molecule has 0 aromatic heterocycles. The largest absolute Gasteiger partial charge is 0.507 e. The van der Waals surface area contributed by atoms with Gasteiger partial charge in [0, 0.05) is 24.2 Å². The number of nitrogens with zero attached hydrogens (tertiary/aromatic N) is 2. The second-order valence-electron chi connectivity index (χ2n) is 7.29. The van der Waals surface area contributed by atoms with E-state index < -0.39 is 28.4 Å². The summed E-state index contributed by atoms with van der Waals surface area (Å²) in [7, 11) is 0. The second-order valence-corrected chi connectivity index (χ2v) is 7.29. The molecule has 9 nitrogen and oxygen atoms in total. The zero-order valence-corrected chi connectivity index (χ0v) is 17.6. The normalized spacial score (nSPS) is 17.6. The van der Waals surface area contributed by atoms with Crippen molar-refractivity contribution in [1.29, 1.82) is 0 Å². The van der Waals surface area contributed by atoms with Crippen molar-refractivity contribution in [3.8, 4) is 5.75 Å². The van der Waals surface area contributed by atoms with Crippen LogP contribution in [0.3, 0.4) is 0 Å². The van der Waals surface area contributed by atoms with Crippen molar-refractivity contribution in [3.05, 3.63) is 75.3 Å². The van der Waals surface area contributed by atoms with E-state index in [1.54, 1.807) is 24.3 Å². The first-order valence-corrected chi connectivity index (χ1v) is 10.3. The number of hydrogen-bond donors (Lipinski definition) is 2. The molecule has 1 amide bonds. The highest BCUT2D eigenvalue weighted by molar-refractivity contribution is 6.46. The Morgan fingerprint density at radius 3 is 2.53 bits per heavy atom. The molecular weight excluding hydrogens is 416 g/mol. The van der Waals surface area contributed by atoms with Crippen LogP contribution in [0.15, 0.2) is 54.1 Å².